The third-order valence-electron chi connectivity index (χ3n) is 3.45. The number of hydrogen-bond donors (Lipinski definition) is 3. The van der Waals surface area contributed by atoms with E-state index in [9.17, 15) is 9.90 Å². The lowest BCUT2D eigenvalue weighted by atomic mass is 9.90. The number of rotatable bonds is 4. The van der Waals surface area contributed by atoms with Crippen molar-refractivity contribution in [2.24, 2.45) is 5.73 Å². The number of aromatic hydroxyl groups is 1. The van der Waals surface area contributed by atoms with Gasteiger partial charge in [-0.1, -0.05) is 30.3 Å². The molecule has 104 valence electrons. The lowest BCUT2D eigenvalue weighted by molar-refractivity contribution is -0.122. The molecule has 1 atom stereocenters. The van der Waals surface area contributed by atoms with Crippen LogP contribution < -0.4 is 11.1 Å². The summed E-state index contributed by atoms with van der Waals surface area (Å²) in [4.78, 5) is 11.9. The maximum Gasteiger partial charge on any atom is 0.247 e. The molecule has 0 bridgehead atoms. The highest BCUT2D eigenvalue weighted by atomic mass is 16.3. The molecule has 1 unspecified atom stereocenters. The summed E-state index contributed by atoms with van der Waals surface area (Å²) in [6.07, 6.45) is 0. The predicted octanol–water partition coefficient (Wildman–Crippen LogP) is 2.51. The first-order chi connectivity index (χ1) is 9.43. The van der Waals surface area contributed by atoms with Crippen molar-refractivity contribution < 1.29 is 9.90 Å². The zero-order valence-corrected chi connectivity index (χ0v) is 11.6. The summed E-state index contributed by atoms with van der Waals surface area (Å²) in [5, 5.41) is 12.8. The number of amides is 1. The summed E-state index contributed by atoms with van der Waals surface area (Å²) in [5.74, 6) is -0.409. The van der Waals surface area contributed by atoms with Gasteiger partial charge in [-0.3, -0.25) is 4.79 Å². The predicted molar refractivity (Wildman–Crippen MR) is 79.5 cm³/mol. The molecule has 1 amide bonds. The minimum atomic E-state index is -1.09. The molecule has 4 nitrogen and oxygen atoms in total. The Hall–Kier alpha value is -2.49. The monoisotopic (exact) mass is 270 g/mol. The standard InChI is InChI=1S/C16H18N2O2/c1-11-6-3-4-9-14(11)18-16(2,15(17)20)12-7-5-8-13(19)10-12/h3-10,18-19H,1-2H3,(H2,17,20). The van der Waals surface area contributed by atoms with Crippen molar-refractivity contribution in [1.29, 1.82) is 0 Å². The molecule has 0 fully saturated rings. The van der Waals surface area contributed by atoms with E-state index in [1.807, 2.05) is 31.2 Å². The number of primary amides is 1. The molecule has 2 aromatic carbocycles. The summed E-state index contributed by atoms with van der Waals surface area (Å²) >= 11 is 0. The Morgan fingerprint density at radius 2 is 1.90 bits per heavy atom. The number of nitrogens with two attached hydrogens (primary N) is 1. The van der Waals surface area contributed by atoms with Crippen LogP contribution in [-0.4, -0.2) is 11.0 Å². The molecule has 0 aliphatic carbocycles. The van der Waals surface area contributed by atoms with Crippen molar-refractivity contribution in [1.82, 2.24) is 0 Å². The number of benzene rings is 2. The molecule has 0 saturated carbocycles. The molecule has 2 aromatic rings. The summed E-state index contributed by atoms with van der Waals surface area (Å²) < 4.78 is 0. The first-order valence-corrected chi connectivity index (χ1v) is 6.37. The Kier molecular flexibility index (Phi) is 3.66. The van der Waals surface area contributed by atoms with Gasteiger partial charge in [0.15, 0.2) is 0 Å². The van der Waals surface area contributed by atoms with Crippen molar-refractivity contribution in [3.63, 3.8) is 0 Å². The van der Waals surface area contributed by atoms with Gasteiger partial charge in [0.05, 0.1) is 0 Å². The van der Waals surface area contributed by atoms with Gasteiger partial charge in [0.2, 0.25) is 5.91 Å². The highest BCUT2D eigenvalue weighted by Gasteiger charge is 2.33. The van der Waals surface area contributed by atoms with Crippen molar-refractivity contribution in [2.45, 2.75) is 19.4 Å². The zero-order chi connectivity index (χ0) is 14.8. The fraction of sp³-hybridized carbons (Fsp3) is 0.188. The maximum absolute atomic E-state index is 11.9. The summed E-state index contributed by atoms with van der Waals surface area (Å²) in [6.45, 7) is 3.66. The third kappa shape index (κ3) is 2.59. The molecule has 0 aliphatic heterocycles. The second-order valence-electron chi connectivity index (χ2n) is 4.98. The van der Waals surface area contributed by atoms with Gasteiger partial charge in [-0.05, 0) is 43.2 Å². The van der Waals surface area contributed by atoms with Crippen LogP contribution in [0.25, 0.3) is 0 Å². The van der Waals surface area contributed by atoms with E-state index in [-0.39, 0.29) is 5.75 Å². The van der Waals surface area contributed by atoms with Gasteiger partial charge < -0.3 is 16.2 Å². The van der Waals surface area contributed by atoms with Gasteiger partial charge in [-0.25, -0.2) is 0 Å². The maximum atomic E-state index is 11.9. The van der Waals surface area contributed by atoms with Crippen LogP contribution in [0.1, 0.15) is 18.1 Å². The molecule has 2 rings (SSSR count). The van der Waals surface area contributed by atoms with E-state index in [4.69, 9.17) is 5.73 Å². The first kappa shape index (κ1) is 13.9. The molecular formula is C16H18N2O2. The van der Waals surface area contributed by atoms with Crippen LogP contribution in [0.5, 0.6) is 5.75 Å². The number of phenols is 1. The summed E-state index contributed by atoms with van der Waals surface area (Å²) in [5.41, 5.74) is 6.94. The molecule has 0 aromatic heterocycles. The highest BCUT2D eigenvalue weighted by Crippen LogP contribution is 2.29. The van der Waals surface area contributed by atoms with E-state index >= 15 is 0 Å². The molecule has 0 saturated heterocycles. The zero-order valence-electron chi connectivity index (χ0n) is 11.6. The number of carbonyl (C=O) groups excluding carboxylic acids is 1. The average Bonchev–Trinajstić information content (AvgIpc) is 2.41. The second kappa shape index (κ2) is 5.25. The summed E-state index contributed by atoms with van der Waals surface area (Å²) in [7, 11) is 0. The summed E-state index contributed by atoms with van der Waals surface area (Å²) in [6, 6.07) is 14.2. The molecule has 20 heavy (non-hydrogen) atoms. The van der Waals surface area contributed by atoms with Crippen LogP contribution in [-0.2, 0) is 10.3 Å². The Morgan fingerprint density at radius 1 is 1.20 bits per heavy atom. The number of para-hydroxylation sites is 1. The Labute approximate surface area is 118 Å². The van der Waals surface area contributed by atoms with Gasteiger partial charge in [0.1, 0.15) is 11.3 Å². The molecule has 0 radical (unpaired) electrons. The van der Waals surface area contributed by atoms with Crippen LogP contribution in [0.3, 0.4) is 0 Å². The number of aryl methyl sites for hydroxylation is 1. The number of anilines is 1. The van der Waals surface area contributed by atoms with E-state index < -0.39 is 11.4 Å². The molecule has 0 spiro atoms. The van der Waals surface area contributed by atoms with E-state index in [1.165, 1.54) is 6.07 Å². The van der Waals surface area contributed by atoms with Gasteiger partial charge in [-0.2, -0.15) is 0 Å². The Bertz CT molecular complexity index is 640. The van der Waals surface area contributed by atoms with E-state index in [0.717, 1.165) is 11.3 Å². The lowest BCUT2D eigenvalue weighted by Crippen LogP contribution is -2.45. The Balaban J connectivity index is 2.46. The smallest absolute Gasteiger partial charge is 0.247 e. The van der Waals surface area contributed by atoms with Crippen molar-refractivity contribution in [3.8, 4) is 5.75 Å². The van der Waals surface area contributed by atoms with Crippen LogP contribution in [0.4, 0.5) is 5.69 Å². The quantitative estimate of drug-likeness (QED) is 0.799. The normalized spacial score (nSPS) is 13.5. The van der Waals surface area contributed by atoms with Gasteiger partial charge >= 0.3 is 0 Å². The molecular weight excluding hydrogens is 252 g/mol. The van der Waals surface area contributed by atoms with E-state index in [2.05, 4.69) is 5.32 Å². The van der Waals surface area contributed by atoms with Gasteiger partial charge in [0, 0.05) is 5.69 Å². The van der Waals surface area contributed by atoms with Crippen LogP contribution in [0.15, 0.2) is 48.5 Å². The Morgan fingerprint density at radius 3 is 2.50 bits per heavy atom. The molecule has 0 aliphatic rings. The minimum absolute atomic E-state index is 0.0987. The van der Waals surface area contributed by atoms with Crippen LogP contribution in [0, 0.1) is 6.92 Å². The second-order valence-corrected chi connectivity index (χ2v) is 4.98. The fourth-order valence-corrected chi connectivity index (χ4v) is 2.08. The lowest BCUT2D eigenvalue weighted by Gasteiger charge is -2.30. The topological polar surface area (TPSA) is 75.3 Å². The number of nitrogens with one attached hydrogen (secondary N) is 1. The SMILES string of the molecule is Cc1ccccc1NC(C)(C(N)=O)c1cccc(O)c1. The van der Waals surface area contributed by atoms with Crippen LogP contribution >= 0.6 is 0 Å². The van der Waals surface area contributed by atoms with Crippen molar-refractivity contribution >= 4 is 11.6 Å². The number of phenolic OH excluding ortho intramolecular Hbond substituents is 1. The third-order valence-corrected chi connectivity index (χ3v) is 3.45. The van der Waals surface area contributed by atoms with Gasteiger partial charge in [0.25, 0.3) is 0 Å². The highest BCUT2D eigenvalue weighted by molar-refractivity contribution is 5.89. The number of hydrogen-bond acceptors (Lipinski definition) is 3. The largest absolute Gasteiger partial charge is 0.508 e. The minimum Gasteiger partial charge on any atom is -0.508 e. The molecule has 4 N–H and O–H groups in total. The molecule has 4 heteroatoms. The number of carbonyl (C=O) groups is 1. The fourth-order valence-electron chi connectivity index (χ4n) is 2.08. The van der Waals surface area contributed by atoms with Crippen molar-refractivity contribution in [3.05, 3.63) is 59.7 Å². The average molecular weight is 270 g/mol. The van der Waals surface area contributed by atoms with Crippen LogP contribution in [0.2, 0.25) is 0 Å². The van der Waals surface area contributed by atoms with E-state index in [0.29, 0.717) is 5.56 Å². The molecule has 0 heterocycles. The van der Waals surface area contributed by atoms with Crippen molar-refractivity contribution in [2.75, 3.05) is 5.32 Å². The van der Waals surface area contributed by atoms with Gasteiger partial charge in [-0.15, -0.1) is 0 Å². The van der Waals surface area contributed by atoms with E-state index in [1.54, 1.807) is 25.1 Å². The first-order valence-electron chi connectivity index (χ1n) is 6.37.